The van der Waals surface area contributed by atoms with E-state index < -0.39 is 23.6 Å². The third kappa shape index (κ3) is 7.49. The Balaban J connectivity index is 2.49. The van der Waals surface area contributed by atoms with Crippen LogP contribution in [-0.4, -0.2) is 33.5 Å². The molecule has 0 aromatic rings. The zero-order valence-electron chi connectivity index (χ0n) is 16.5. The lowest BCUT2D eigenvalue weighted by atomic mass is 9.72. The Morgan fingerprint density at radius 2 is 1.85 bits per heavy atom. The topological polar surface area (TPSA) is 77.8 Å². The van der Waals surface area contributed by atoms with Crippen LogP contribution < -0.4 is 0 Å². The van der Waals surface area contributed by atoms with Gasteiger partial charge in [-0.05, 0) is 38.0 Å². The zero-order valence-corrected chi connectivity index (χ0v) is 16.5. The highest BCUT2D eigenvalue weighted by molar-refractivity contribution is 5.74. The van der Waals surface area contributed by atoms with Gasteiger partial charge in [0.25, 0.3) is 5.79 Å². The van der Waals surface area contributed by atoms with Gasteiger partial charge in [0.1, 0.15) is 0 Å². The molecule has 27 heavy (non-hydrogen) atoms. The Morgan fingerprint density at radius 1 is 1.19 bits per heavy atom. The summed E-state index contributed by atoms with van der Waals surface area (Å²) >= 11 is 0. The SMILES string of the molecule is CCCCCCCC[C@@]1(C(F)F)CCC[C@@H]1CC=CCCC(O)(O)C(=O)O. The van der Waals surface area contributed by atoms with Gasteiger partial charge in [-0.15, -0.1) is 0 Å². The molecule has 0 saturated heterocycles. The first-order valence-corrected chi connectivity index (χ1v) is 10.4. The summed E-state index contributed by atoms with van der Waals surface area (Å²) in [5, 5.41) is 27.2. The summed E-state index contributed by atoms with van der Waals surface area (Å²) in [6.45, 7) is 2.16. The Kier molecular flexibility index (Phi) is 10.5. The number of hydrogen-bond donors (Lipinski definition) is 3. The van der Waals surface area contributed by atoms with E-state index in [4.69, 9.17) is 5.11 Å². The maximum absolute atomic E-state index is 13.9. The minimum atomic E-state index is -2.73. The molecule has 0 aliphatic heterocycles. The largest absolute Gasteiger partial charge is 0.477 e. The fourth-order valence-electron chi connectivity index (χ4n) is 4.25. The van der Waals surface area contributed by atoms with Gasteiger partial charge in [0.05, 0.1) is 0 Å². The first-order valence-electron chi connectivity index (χ1n) is 10.4. The van der Waals surface area contributed by atoms with Gasteiger partial charge < -0.3 is 15.3 Å². The molecule has 0 bridgehead atoms. The molecule has 4 nitrogen and oxygen atoms in total. The predicted octanol–water partition coefficient (Wildman–Crippen LogP) is 5.28. The van der Waals surface area contributed by atoms with Crippen molar-refractivity contribution in [3.05, 3.63) is 12.2 Å². The number of aliphatic hydroxyl groups is 2. The van der Waals surface area contributed by atoms with Crippen molar-refractivity contribution in [2.24, 2.45) is 11.3 Å². The van der Waals surface area contributed by atoms with Crippen LogP contribution in [0, 0.1) is 11.3 Å². The average molecular weight is 391 g/mol. The van der Waals surface area contributed by atoms with Crippen LogP contribution in [0.25, 0.3) is 0 Å². The van der Waals surface area contributed by atoms with Crippen LogP contribution >= 0.6 is 0 Å². The molecule has 0 aromatic heterocycles. The van der Waals surface area contributed by atoms with E-state index in [1.165, 1.54) is 19.3 Å². The Labute approximate surface area is 161 Å². The Bertz CT molecular complexity index is 465. The van der Waals surface area contributed by atoms with Gasteiger partial charge in [-0.2, -0.15) is 0 Å². The van der Waals surface area contributed by atoms with E-state index in [1.54, 1.807) is 12.2 Å². The summed E-state index contributed by atoms with van der Waals surface area (Å²) in [5.41, 5.74) is -0.895. The van der Waals surface area contributed by atoms with Gasteiger partial charge in [0, 0.05) is 11.8 Å². The fourth-order valence-corrected chi connectivity index (χ4v) is 4.25. The lowest BCUT2D eigenvalue weighted by molar-refractivity contribution is -0.205. The molecule has 1 rings (SSSR count). The van der Waals surface area contributed by atoms with E-state index in [0.29, 0.717) is 19.3 Å². The summed E-state index contributed by atoms with van der Waals surface area (Å²) in [6.07, 6.45) is 10.9. The van der Waals surface area contributed by atoms with Crippen LogP contribution in [0.4, 0.5) is 8.78 Å². The number of halogens is 2. The van der Waals surface area contributed by atoms with Crippen molar-refractivity contribution in [3.8, 4) is 0 Å². The summed E-state index contributed by atoms with van der Waals surface area (Å²) < 4.78 is 27.9. The number of carboxylic acid groups (broad SMARTS) is 1. The monoisotopic (exact) mass is 390 g/mol. The molecule has 0 heterocycles. The Hall–Kier alpha value is -1.01. The van der Waals surface area contributed by atoms with Gasteiger partial charge in [0.2, 0.25) is 6.43 Å². The van der Waals surface area contributed by atoms with E-state index >= 15 is 0 Å². The third-order valence-electron chi connectivity index (χ3n) is 6.03. The average Bonchev–Trinajstić information content (AvgIpc) is 3.01. The molecule has 158 valence electrons. The van der Waals surface area contributed by atoms with Crippen LogP contribution in [0.3, 0.4) is 0 Å². The number of carbonyl (C=O) groups is 1. The second-order valence-corrected chi connectivity index (χ2v) is 8.01. The predicted molar refractivity (Wildman–Crippen MR) is 102 cm³/mol. The number of unbranched alkanes of at least 4 members (excludes halogenated alkanes) is 5. The van der Waals surface area contributed by atoms with Gasteiger partial charge in [-0.25, -0.2) is 13.6 Å². The first kappa shape index (κ1) is 24.0. The molecule has 1 saturated carbocycles. The lowest BCUT2D eigenvalue weighted by Gasteiger charge is -2.35. The molecule has 1 fully saturated rings. The van der Waals surface area contributed by atoms with Crippen LogP contribution in [0.5, 0.6) is 0 Å². The van der Waals surface area contributed by atoms with Crippen LogP contribution in [0.2, 0.25) is 0 Å². The second-order valence-electron chi connectivity index (χ2n) is 8.01. The molecule has 1 aliphatic rings. The minimum absolute atomic E-state index is 0.0584. The molecule has 0 radical (unpaired) electrons. The quantitative estimate of drug-likeness (QED) is 0.214. The molecular weight excluding hydrogens is 354 g/mol. The van der Waals surface area contributed by atoms with Gasteiger partial charge >= 0.3 is 5.97 Å². The molecule has 0 amide bonds. The van der Waals surface area contributed by atoms with Crippen molar-refractivity contribution < 1.29 is 28.9 Å². The van der Waals surface area contributed by atoms with Crippen molar-refractivity contribution in [3.63, 3.8) is 0 Å². The molecule has 0 spiro atoms. The van der Waals surface area contributed by atoms with Crippen molar-refractivity contribution in [2.45, 2.75) is 103 Å². The molecule has 1 aliphatic carbocycles. The molecule has 0 unspecified atom stereocenters. The Morgan fingerprint density at radius 3 is 2.48 bits per heavy atom. The maximum Gasteiger partial charge on any atom is 0.364 e. The number of carboxylic acids is 1. The van der Waals surface area contributed by atoms with Crippen molar-refractivity contribution >= 4 is 5.97 Å². The minimum Gasteiger partial charge on any atom is -0.477 e. The van der Waals surface area contributed by atoms with Crippen molar-refractivity contribution in [2.75, 3.05) is 0 Å². The lowest BCUT2D eigenvalue weighted by Crippen LogP contribution is -2.37. The third-order valence-corrected chi connectivity index (χ3v) is 6.03. The van der Waals surface area contributed by atoms with Crippen molar-refractivity contribution in [1.29, 1.82) is 0 Å². The molecular formula is C21H36F2O4. The van der Waals surface area contributed by atoms with Crippen LogP contribution in [-0.2, 0) is 4.79 Å². The fraction of sp³-hybridized carbons (Fsp3) is 0.857. The number of alkyl halides is 2. The first-order chi connectivity index (χ1) is 12.8. The maximum atomic E-state index is 13.9. The number of allylic oxidation sites excluding steroid dienone is 2. The molecule has 2 atom stereocenters. The number of hydrogen-bond acceptors (Lipinski definition) is 3. The summed E-state index contributed by atoms with van der Waals surface area (Å²) in [7, 11) is 0. The summed E-state index contributed by atoms with van der Waals surface area (Å²) in [4.78, 5) is 10.6. The van der Waals surface area contributed by atoms with E-state index in [2.05, 4.69) is 6.92 Å². The van der Waals surface area contributed by atoms with Gasteiger partial charge in [-0.3, -0.25) is 0 Å². The molecule has 6 heteroatoms. The molecule has 3 N–H and O–H groups in total. The van der Waals surface area contributed by atoms with Crippen LogP contribution in [0.1, 0.15) is 90.4 Å². The van der Waals surface area contributed by atoms with E-state index in [0.717, 1.165) is 32.1 Å². The molecule has 0 aromatic carbocycles. The highest BCUT2D eigenvalue weighted by atomic mass is 19.3. The zero-order chi connectivity index (χ0) is 20.3. The highest BCUT2D eigenvalue weighted by Gasteiger charge is 2.48. The van der Waals surface area contributed by atoms with Crippen molar-refractivity contribution in [1.82, 2.24) is 0 Å². The van der Waals surface area contributed by atoms with E-state index in [-0.39, 0.29) is 18.8 Å². The smallest absolute Gasteiger partial charge is 0.364 e. The van der Waals surface area contributed by atoms with E-state index in [9.17, 15) is 23.8 Å². The second kappa shape index (κ2) is 11.7. The standard InChI is InChI=1S/C21H36F2O4/c1-2-3-4-5-6-9-14-20(18(22)23)15-11-13-17(20)12-8-7-10-16-21(26,27)19(24)25/h7-8,17-18,26-27H,2-6,9-16H2,1H3,(H,24,25)/t17-,20+/m0/s1. The highest BCUT2D eigenvalue weighted by Crippen LogP contribution is 2.52. The van der Waals surface area contributed by atoms with E-state index in [1.807, 2.05) is 0 Å². The summed E-state index contributed by atoms with van der Waals surface area (Å²) in [6, 6.07) is 0. The van der Waals surface area contributed by atoms with Gasteiger partial charge in [-0.1, -0.05) is 64.0 Å². The van der Waals surface area contributed by atoms with Gasteiger partial charge in [0.15, 0.2) is 0 Å². The number of rotatable bonds is 14. The normalized spacial score (nSPS) is 23.6. The van der Waals surface area contributed by atoms with Crippen LogP contribution in [0.15, 0.2) is 12.2 Å². The number of aliphatic carboxylic acids is 1. The summed E-state index contributed by atoms with van der Waals surface area (Å²) in [5.74, 6) is -4.47.